The zero-order valence-electron chi connectivity index (χ0n) is 10.7. The van der Waals surface area contributed by atoms with Crippen LogP contribution in [0.5, 0.6) is 0 Å². The molecule has 1 aromatic carbocycles. The summed E-state index contributed by atoms with van der Waals surface area (Å²) in [4.78, 5) is 14.4. The third-order valence-electron chi connectivity index (χ3n) is 3.80. The fraction of sp³-hybridized carbons (Fsp3) is 0.533. The first kappa shape index (κ1) is 13.1. The number of nitrogens with zero attached hydrogens (tertiary/aromatic N) is 1. The van der Waals surface area contributed by atoms with Crippen molar-refractivity contribution in [2.45, 2.75) is 25.7 Å². The lowest BCUT2D eigenvalue weighted by Crippen LogP contribution is -2.35. The normalized spacial score (nSPS) is 18.4. The number of rotatable bonds is 5. The fourth-order valence-corrected chi connectivity index (χ4v) is 2.66. The Labute approximate surface area is 121 Å². The highest BCUT2D eigenvalue weighted by molar-refractivity contribution is 9.10. The predicted molar refractivity (Wildman–Crippen MR) is 75.5 cm³/mol. The smallest absolute Gasteiger partial charge is 0.256 e. The molecule has 0 unspecified atom stereocenters. The van der Waals surface area contributed by atoms with E-state index in [1.165, 1.54) is 31.7 Å². The van der Waals surface area contributed by atoms with Gasteiger partial charge in [0.2, 0.25) is 0 Å². The van der Waals surface area contributed by atoms with Crippen LogP contribution in [0, 0.1) is 17.7 Å². The van der Waals surface area contributed by atoms with Gasteiger partial charge in [-0.15, -0.1) is 0 Å². The highest BCUT2D eigenvalue weighted by Gasteiger charge is 2.32. The fourth-order valence-electron chi connectivity index (χ4n) is 2.30. The Bertz CT molecular complexity index is 483. The van der Waals surface area contributed by atoms with Crippen molar-refractivity contribution in [2.75, 3.05) is 13.1 Å². The molecule has 0 saturated heterocycles. The Kier molecular flexibility index (Phi) is 3.61. The number of benzene rings is 1. The molecule has 0 bridgehead atoms. The summed E-state index contributed by atoms with van der Waals surface area (Å²) in [6, 6.07) is 4.56. The van der Waals surface area contributed by atoms with E-state index in [-0.39, 0.29) is 11.5 Å². The molecule has 4 heteroatoms. The van der Waals surface area contributed by atoms with Crippen LogP contribution in [0.15, 0.2) is 22.7 Å². The van der Waals surface area contributed by atoms with Gasteiger partial charge in [-0.25, -0.2) is 4.39 Å². The number of hydrogen-bond donors (Lipinski definition) is 0. The molecule has 2 aliphatic carbocycles. The molecular weight excluding hydrogens is 309 g/mol. The van der Waals surface area contributed by atoms with Crippen LogP contribution in [0.3, 0.4) is 0 Å². The van der Waals surface area contributed by atoms with Gasteiger partial charge in [0.1, 0.15) is 5.82 Å². The number of hydrogen-bond acceptors (Lipinski definition) is 1. The van der Waals surface area contributed by atoms with E-state index in [4.69, 9.17) is 0 Å². The molecule has 2 fully saturated rings. The van der Waals surface area contributed by atoms with E-state index >= 15 is 0 Å². The van der Waals surface area contributed by atoms with Gasteiger partial charge in [-0.05, 0) is 55.7 Å². The van der Waals surface area contributed by atoms with Gasteiger partial charge in [0.25, 0.3) is 5.91 Å². The van der Waals surface area contributed by atoms with E-state index in [0.29, 0.717) is 11.8 Å². The zero-order valence-corrected chi connectivity index (χ0v) is 12.3. The first-order chi connectivity index (χ1) is 9.13. The summed E-state index contributed by atoms with van der Waals surface area (Å²) in [5.41, 5.74) is 0.190. The van der Waals surface area contributed by atoms with E-state index in [1.54, 1.807) is 12.1 Å². The molecule has 2 saturated carbocycles. The van der Waals surface area contributed by atoms with Crippen molar-refractivity contribution in [3.05, 3.63) is 34.1 Å². The summed E-state index contributed by atoms with van der Waals surface area (Å²) < 4.78 is 14.6. The minimum absolute atomic E-state index is 0.155. The molecule has 1 aromatic rings. The van der Waals surface area contributed by atoms with Gasteiger partial charge in [0.05, 0.1) is 5.56 Å². The largest absolute Gasteiger partial charge is 0.338 e. The molecular formula is C15H17BrFNO. The van der Waals surface area contributed by atoms with Crippen LogP contribution in [-0.4, -0.2) is 23.9 Å². The maximum atomic E-state index is 13.8. The molecule has 3 rings (SSSR count). The first-order valence-corrected chi connectivity index (χ1v) is 7.67. The summed E-state index contributed by atoms with van der Waals surface area (Å²) in [6.07, 6.45) is 4.82. The second-order valence-corrected chi connectivity index (χ2v) is 6.64. The van der Waals surface area contributed by atoms with Crippen LogP contribution in [0.2, 0.25) is 0 Å². The Balaban J connectivity index is 1.78. The highest BCUT2D eigenvalue weighted by Crippen LogP contribution is 2.34. The third kappa shape index (κ3) is 3.35. The van der Waals surface area contributed by atoms with Gasteiger partial charge >= 0.3 is 0 Å². The molecule has 19 heavy (non-hydrogen) atoms. The second kappa shape index (κ2) is 5.23. The van der Waals surface area contributed by atoms with Crippen molar-refractivity contribution in [3.8, 4) is 0 Å². The Morgan fingerprint density at radius 3 is 2.32 bits per heavy atom. The molecule has 0 spiro atoms. The first-order valence-electron chi connectivity index (χ1n) is 6.88. The van der Waals surface area contributed by atoms with Crippen molar-refractivity contribution in [2.24, 2.45) is 11.8 Å². The van der Waals surface area contributed by atoms with Crippen LogP contribution < -0.4 is 0 Å². The molecule has 0 N–H and O–H groups in total. The van der Waals surface area contributed by atoms with Crippen LogP contribution in [0.25, 0.3) is 0 Å². The molecule has 2 aliphatic rings. The van der Waals surface area contributed by atoms with Crippen LogP contribution >= 0.6 is 15.9 Å². The molecule has 0 radical (unpaired) electrons. The van der Waals surface area contributed by atoms with Crippen molar-refractivity contribution >= 4 is 21.8 Å². The SMILES string of the molecule is O=C(c1cc(Br)ccc1F)N(CC1CC1)CC1CC1. The molecule has 102 valence electrons. The van der Waals surface area contributed by atoms with Crippen molar-refractivity contribution in [1.82, 2.24) is 4.90 Å². The highest BCUT2D eigenvalue weighted by atomic mass is 79.9. The molecule has 0 heterocycles. The van der Waals surface area contributed by atoms with Gasteiger partial charge in [0.15, 0.2) is 0 Å². The summed E-state index contributed by atoms with van der Waals surface area (Å²) in [6.45, 7) is 1.59. The van der Waals surface area contributed by atoms with E-state index in [2.05, 4.69) is 15.9 Å². The maximum absolute atomic E-state index is 13.8. The minimum Gasteiger partial charge on any atom is -0.338 e. The van der Waals surface area contributed by atoms with E-state index in [0.717, 1.165) is 17.6 Å². The molecule has 0 aromatic heterocycles. The quantitative estimate of drug-likeness (QED) is 0.805. The molecule has 0 atom stereocenters. The van der Waals surface area contributed by atoms with Gasteiger partial charge < -0.3 is 4.90 Å². The van der Waals surface area contributed by atoms with Crippen molar-refractivity contribution in [3.63, 3.8) is 0 Å². The van der Waals surface area contributed by atoms with Gasteiger partial charge in [-0.2, -0.15) is 0 Å². The molecule has 2 nitrogen and oxygen atoms in total. The lowest BCUT2D eigenvalue weighted by atomic mass is 10.1. The lowest BCUT2D eigenvalue weighted by Gasteiger charge is -2.23. The summed E-state index contributed by atoms with van der Waals surface area (Å²) in [7, 11) is 0. The second-order valence-electron chi connectivity index (χ2n) is 5.72. The zero-order chi connectivity index (χ0) is 13.4. The summed E-state index contributed by atoms with van der Waals surface area (Å²) in [5, 5.41) is 0. The Hall–Kier alpha value is -0.900. The van der Waals surface area contributed by atoms with Gasteiger partial charge in [0, 0.05) is 17.6 Å². The average Bonchev–Trinajstić information content (AvgIpc) is 3.25. The monoisotopic (exact) mass is 325 g/mol. The van der Waals surface area contributed by atoms with E-state index in [9.17, 15) is 9.18 Å². The van der Waals surface area contributed by atoms with E-state index in [1.807, 2.05) is 4.90 Å². The topological polar surface area (TPSA) is 20.3 Å². The third-order valence-corrected chi connectivity index (χ3v) is 4.29. The number of carbonyl (C=O) groups is 1. The molecule has 0 aliphatic heterocycles. The van der Waals surface area contributed by atoms with Gasteiger partial charge in [-0.3, -0.25) is 4.79 Å². The predicted octanol–water partition coefficient (Wildman–Crippen LogP) is 3.85. The Morgan fingerprint density at radius 1 is 1.21 bits per heavy atom. The summed E-state index contributed by atoms with van der Waals surface area (Å²) >= 11 is 3.30. The molecule has 1 amide bonds. The van der Waals surface area contributed by atoms with Crippen LogP contribution in [0.1, 0.15) is 36.0 Å². The minimum atomic E-state index is -0.426. The lowest BCUT2D eigenvalue weighted by molar-refractivity contribution is 0.0735. The van der Waals surface area contributed by atoms with Crippen molar-refractivity contribution in [1.29, 1.82) is 0 Å². The van der Waals surface area contributed by atoms with E-state index < -0.39 is 5.82 Å². The standard InChI is InChI=1S/C15H17BrFNO/c16-12-5-6-14(17)13(7-12)15(19)18(8-10-1-2-10)9-11-3-4-11/h5-7,10-11H,1-4,8-9H2. The summed E-state index contributed by atoms with van der Waals surface area (Å²) in [5.74, 6) is 0.693. The van der Waals surface area contributed by atoms with Crippen molar-refractivity contribution < 1.29 is 9.18 Å². The number of halogens is 2. The average molecular weight is 326 g/mol. The van der Waals surface area contributed by atoms with Gasteiger partial charge in [-0.1, -0.05) is 15.9 Å². The number of carbonyl (C=O) groups excluding carboxylic acids is 1. The Morgan fingerprint density at radius 2 is 1.79 bits per heavy atom. The number of amides is 1. The maximum Gasteiger partial charge on any atom is 0.256 e. The van der Waals surface area contributed by atoms with Crippen LogP contribution in [-0.2, 0) is 0 Å². The van der Waals surface area contributed by atoms with Crippen LogP contribution in [0.4, 0.5) is 4.39 Å².